The van der Waals surface area contributed by atoms with Gasteiger partial charge in [-0.2, -0.15) is 0 Å². The molecule has 0 aromatic heterocycles. The van der Waals surface area contributed by atoms with E-state index in [9.17, 15) is 19.8 Å². The van der Waals surface area contributed by atoms with Crippen molar-refractivity contribution in [3.63, 3.8) is 0 Å². The number of hydrogen-bond acceptors (Lipinski definition) is 5. The van der Waals surface area contributed by atoms with E-state index >= 15 is 0 Å². The Morgan fingerprint density at radius 3 is 1.34 bits per heavy atom. The minimum Gasteiger partial charge on any atom is -0.462 e. The number of esters is 1. The van der Waals surface area contributed by atoms with Crippen LogP contribution in [0.25, 0.3) is 0 Å². The summed E-state index contributed by atoms with van der Waals surface area (Å²) in [5, 5.41) is 23.7. The first-order chi connectivity index (χ1) is 30.5. The molecule has 0 saturated heterocycles. The summed E-state index contributed by atoms with van der Waals surface area (Å²) in [6.45, 7) is 6.29. The van der Waals surface area contributed by atoms with Crippen LogP contribution in [0, 0.1) is 0 Å². The van der Waals surface area contributed by atoms with E-state index in [1.807, 2.05) is 42.5 Å². The molecule has 0 spiro atoms. The molecule has 6 nitrogen and oxygen atoms in total. The first-order valence-corrected chi connectivity index (χ1v) is 25.6. The fourth-order valence-corrected chi connectivity index (χ4v) is 7.22. The van der Waals surface area contributed by atoms with E-state index in [-0.39, 0.29) is 24.9 Å². The summed E-state index contributed by atoms with van der Waals surface area (Å²) in [6.07, 6.45) is 64.6. The van der Waals surface area contributed by atoms with Crippen molar-refractivity contribution in [2.75, 3.05) is 6.61 Å². The fourth-order valence-electron chi connectivity index (χ4n) is 7.22. The van der Waals surface area contributed by atoms with Crippen LogP contribution in [0.3, 0.4) is 0 Å². The van der Waals surface area contributed by atoms with Gasteiger partial charge in [-0.3, -0.25) is 9.59 Å². The third-order valence-corrected chi connectivity index (χ3v) is 11.1. The lowest BCUT2D eigenvalue weighted by atomic mass is 10.0. The fraction of sp³-hybridized carbons (Fsp3) is 0.679. The number of allylic oxidation sites excluding steroid dienone is 16. The van der Waals surface area contributed by atoms with Crippen LogP contribution in [-0.4, -0.2) is 46.9 Å². The summed E-state index contributed by atoms with van der Waals surface area (Å²) in [4.78, 5) is 26.1. The number of ether oxygens (including phenoxy) is 1. The number of aliphatic hydroxyl groups is 2. The molecule has 354 valence electrons. The van der Waals surface area contributed by atoms with Crippen molar-refractivity contribution >= 4 is 11.9 Å². The Labute approximate surface area is 382 Å². The van der Waals surface area contributed by atoms with E-state index in [1.165, 1.54) is 89.9 Å². The van der Waals surface area contributed by atoms with Gasteiger partial charge in [0.05, 0.1) is 25.2 Å². The number of unbranched alkanes of at least 4 members (excludes halogenated alkanes) is 22. The van der Waals surface area contributed by atoms with Crippen molar-refractivity contribution < 1.29 is 24.5 Å². The molecule has 0 fully saturated rings. The predicted molar refractivity (Wildman–Crippen MR) is 268 cm³/mol. The van der Waals surface area contributed by atoms with Crippen molar-refractivity contribution in [2.24, 2.45) is 0 Å². The van der Waals surface area contributed by atoms with Gasteiger partial charge < -0.3 is 20.3 Å². The molecule has 6 heteroatoms. The maximum absolute atomic E-state index is 13.2. The predicted octanol–water partition coefficient (Wildman–Crippen LogP) is 15.3. The number of amides is 1. The smallest absolute Gasteiger partial charge is 0.306 e. The number of carbonyl (C=O) groups is 2. The zero-order valence-electron chi connectivity index (χ0n) is 40.2. The van der Waals surface area contributed by atoms with Crippen LogP contribution in [0.4, 0.5) is 0 Å². The van der Waals surface area contributed by atoms with Crippen LogP contribution in [0.2, 0.25) is 0 Å². The standard InChI is InChI=1S/C56H95NO5/c1-4-7-10-13-16-19-22-25-27-29-30-32-35-38-41-44-47-52(62-56(61)49-46-43-40-37-34-31-28-26-23-20-17-14-11-8-5-2)50-55(60)57-53(51-58)54(59)48-45-42-39-36-33-24-21-18-15-12-9-6-3/h8,11,14,17,20,22-23,25-32,34,52-54,58-59H,4-7,9-10,12-13,15-16,18-19,21,24,33,35-51H2,1-3H3,(H,57,60)/b11-8+,17-14+,23-20-,25-22+,28-26-,29-27+,32-30+,34-31+. The van der Waals surface area contributed by atoms with Gasteiger partial charge in [-0.1, -0.05) is 234 Å². The molecule has 1 amide bonds. The highest BCUT2D eigenvalue weighted by molar-refractivity contribution is 5.77. The van der Waals surface area contributed by atoms with Crippen LogP contribution < -0.4 is 5.32 Å². The third kappa shape index (κ3) is 43.4. The first-order valence-electron chi connectivity index (χ1n) is 25.6. The van der Waals surface area contributed by atoms with Gasteiger partial charge in [0.25, 0.3) is 0 Å². The summed E-state index contributed by atoms with van der Waals surface area (Å²) in [5.41, 5.74) is 0. The summed E-state index contributed by atoms with van der Waals surface area (Å²) < 4.78 is 5.90. The SMILES string of the molecule is CC/C=C/C=C/C=C\C=C/C=C/CCCCCC(=O)OC(CCCCC/C=C/C=C/C=C/CCCCCCC)CC(=O)NC(CO)C(O)CCCCCCCCCCCCCC. The summed E-state index contributed by atoms with van der Waals surface area (Å²) in [5.74, 6) is -0.564. The monoisotopic (exact) mass is 862 g/mol. The van der Waals surface area contributed by atoms with E-state index < -0.39 is 18.2 Å². The lowest BCUT2D eigenvalue weighted by molar-refractivity contribution is -0.151. The van der Waals surface area contributed by atoms with Crippen LogP contribution in [0.1, 0.15) is 220 Å². The van der Waals surface area contributed by atoms with Crippen molar-refractivity contribution in [1.82, 2.24) is 5.32 Å². The summed E-state index contributed by atoms with van der Waals surface area (Å²) in [7, 11) is 0. The number of aliphatic hydroxyl groups excluding tert-OH is 2. The molecular weight excluding hydrogens is 767 g/mol. The molecule has 0 heterocycles. The molecule has 62 heavy (non-hydrogen) atoms. The lowest BCUT2D eigenvalue weighted by Gasteiger charge is -2.24. The molecule has 0 aliphatic carbocycles. The normalized spacial score (nSPS) is 14.1. The molecule has 0 radical (unpaired) electrons. The maximum Gasteiger partial charge on any atom is 0.306 e. The number of hydrogen-bond donors (Lipinski definition) is 3. The molecule has 0 aromatic rings. The minimum atomic E-state index is -0.810. The summed E-state index contributed by atoms with van der Waals surface area (Å²) in [6, 6.07) is -0.727. The number of rotatable bonds is 44. The van der Waals surface area contributed by atoms with E-state index in [0.717, 1.165) is 83.5 Å². The van der Waals surface area contributed by atoms with Crippen molar-refractivity contribution in [3.05, 3.63) is 97.2 Å². The third-order valence-electron chi connectivity index (χ3n) is 11.1. The molecule has 3 atom stereocenters. The molecule has 0 aliphatic heterocycles. The van der Waals surface area contributed by atoms with Crippen molar-refractivity contribution in [2.45, 2.75) is 238 Å². The van der Waals surface area contributed by atoms with Gasteiger partial charge in [-0.25, -0.2) is 0 Å². The number of nitrogens with one attached hydrogen (secondary N) is 1. The highest BCUT2D eigenvalue weighted by Crippen LogP contribution is 2.17. The molecule has 0 aromatic carbocycles. The lowest BCUT2D eigenvalue weighted by Crippen LogP contribution is -2.46. The van der Waals surface area contributed by atoms with Crippen LogP contribution in [0.5, 0.6) is 0 Å². The Bertz CT molecular complexity index is 1240. The Balaban J connectivity index is 4.77. The molecule has 3 unspecified atom stereocenters. The van der Waals surface area contributed by atoms with Crippen LogP contribution in [-0.2, 0) is 14.3 Å². The Kier molecular flexibility index (Phi) is 46.3. The van der Waals surface area contributed by atoms with Gasteiger partial charge in [0.2, 0.25) is 5.91 Å². The molecule has 3 N–H and O–H groups in total. The van der Waals surface area contributed by atoms with E-state index in [1.54, 1.807) is 0 Å². The van der Waals surface area contributed by atoms with Crippen LogP contribution in [0.15, 0.2) is 97.2 Å². The minimum absolute atomic E-state index is 0.0320. The molecule has 0 rings (SSSR count). The Morgan fingerprint density at radius 2 is 0.871 bits per heavy atom. The Hall–Kier alpha value is -3.22. The first kappa shape index (κ1) is 58.8. The summed E-state index contributed by atoms with van der Waals surface area (Å²) >= 11 is 0. The quantitative estimate of drug-likeness (QED) is 0.0322. The zero-order valence-corrected chi connectivity index (χ0v) is 40.2. The topological polar surface area (TPSA) is 95.9 Å². The maximum atomic E-state index is 13.2. The second-order valence-corrected chi connectivity index (χ2v) is 17.0. The highest BCUT2D eigenvalue weighted by Gasteiger charge is 2.24. The molecule has 0 saturated carbocycles. The largest absolute Gasteiger partial charge is 0.462 e. The van der Waals surface area contributed by atoms with Gasteiger partial charge in [0, 0.05) is 6.42 Å². The molecule has 0 bridgehead atoms. The van der Waals surface area contributed by atoms with Crippen LogP contribution >= 0.6 is 0 Å². The average molecular weight is 862 g/mol. The van der Waals surface area contributed by atoms with Gasteiger partial charge in [-0.15, -0.1) is 0 Å². The highest BCUT2D eigenvalue weighted by atomic mass is 16.5. The molecule has 0 aliphatic rings. The number of carbonyl (C=O) groups excluding carboxylic acids is 2. The Morgan fingerprint density at radius 1 is 0.484 bits per heavy atom. The van der Waals surface area contributed by atoms with Gasteiger partial charge in [-0.05, 0) is 70.6 Å². The van der Waals surface area contributed by atoms with Gasteiger partial charge in [0.15, 0.2) is 0 Å². The van der Waals surface area contributed by atoms with Gasteiger partial charge >= 0.3 is 5.97 Å². The van der Waals surface area contributed by atoms with E-state index in [2.05, 4.69) is 80.8 Å². The van der Waals surface area contributed by atoms with Crippen molar-refractivity contribution in [1.29, 1.82) is 0 Å². The van der Waals surface area contributed by atoms with Gasteiger partial charge in [0.1, 0.15) is 6.10 Å². The second kappa shape index (κ2) is 48.8. The second-order valence-electron chi connectivity index (χ2n) is 17.0. The van der Waals surface area contributed by atoms with E-state index in [4.69, 9.17) is 4.74 Å². The van der Waals surface area contributed by atoms with Crippen molar-refractivity contribution in [3.8, 4) is 0 Å². The zero-order chi connectivity index (χ0) is 45.2. The van der Waals surface area contributed by atoms with E-state index in [0.29, 0.717) is 19.3 Å². The molecular formula is C56H95NO5. The average Bonchev–Trinajstić information content (AvgIpc) is 3.26.